The van der Waals surface area contributed by atoms with Crippen molar-refractivity contribution in [3.8, 4) is 11.3 Å². The standard InChI is InChI=1S/C20H15F3N6O/c1-11-9-12(3-4-13(11)27-18(30)17-7-8-25-29(17)2)14-5-6-15-16(26-14)10-24-19(28-15)20(21,22)23/h3-10H,1-2H3,(H,27,30). The molecule has 0 saturated heterocycles. The molecule has 1 amide bonds. The van der Waals surface area contributed by atoms with Crippen molar-refractivity contribution in [1.82, 2.24) is 24.7 Å². The summed E-state index contributed by atoms with van der Waals surface area (Å²) < 4.78 is 39.8. The summed E-state index contributed by atoms with van der Waals surface area (Å²) in [6.07, 6.45) is -2.01. The Kier molecular flexibility index (Phi) is 4.69. The van der Waals surface area contributed by atoms with E-state index in [1.807, 2.05) is 13.0 Å². The van der Waals surface area contributed by atoms with Crippen LogP contribution in [-0.4, -0.2) is 30.6 Å². The minimum absolute atomic E-state index is 0.109. The average molecular weight is 412 g/mol. The fourth-order valence-corrected chi connectivity index (χ4v) is 2.97. The van der Waals surface area contributed by atoms with E-state index in [9.17, 15) is 18.0 Å². The van der Waals surface area contributed by atoms with Gasteiger partial charge in [-0.25, -0.2) is 15.0 Å². The maximum atomic E-state index is 12.8. The fraction of sp³-hybridized carbons (Fsp3) is 0.150. The number of nitrogens with one attached hydrogen (secondary N) is 1. The van der Waals surface area contributed by atoms with Gasteiger partial charge in [0.1, 0.15) is 11.2 Å². The van der Waals surface area contributed by atoms with Crippen LogP contribution in [-0.2, 0) is 13.2 Å². The minimum atomic E-state index is -4.61. The summed E-state index contributed by atoms with van der Waals surface area (Å²) in [4.78, 5) is 23.6. The second-order valence-corrected chi connectivity index (χ2v) is 6.62. The summed E-state index contributed by atoms with van der Waals surface area (Å²) in [6.45, 7) is 1.84. The lowest BCUT2D eigenvalue weighted by Crippen LogP contribution is -2.16. The van der Waals surface area contributed by atoms with E-state index in [0.717, 1.165) is 17.3 Å². The van der Waals surface area contributed by atoms with E-state index in [-0.39, 0.29) is 16.9 Å². The largest absolute Gasteiger partial charge is 0.451 e. The number of aryl methyl sites for hydroxylation is 2. The van der Waals surface area contributed by atoms with Crippen molar-refractivity contribution in [2.45, 2.75) is 13.1 Å². The number of halogens is 3. The first-order valence-corrected chi connectivity index (χ1v) is 8.84. The van der Waals surface area contributed by atoms with Crippen LogP contribution < -0.4 is 5.32 Å². The molecule has 10 heteroatoms. The number of anilines is 1. The summed E-state index contributed by atoms with van der Waals surface area (Å²) in [7, 11) is 1.68. The Hall–Kier alpha value is -3.82. The average Bonchev–Trinajstić information content (AvgIpc) is 3.14. The normalized spacial score (nSPS) is 11.6. The first-order valence-electron chi connectivity index (χ1n) is 8.84. The van der Waals surface area contributed by atoms with E-state index >= 15 is 0 Å². The van der Waals surface area contributed by atoms with Gasteiger partial charge in [0.15, 0.2) is 0 Å². The molecule has 0 bridgehead atoms. The predicted molar refractivity (Wildman–Crippen MR) is 104 cm³/mol. The van der Waals surface area contributed by atoms with Crippen molar-refractivity contribution < 1.29 is 18.0 Å². The predicted octanol–water partition coefficient (Wildman–Crippen LogP) is 4.00. The molecule has 0 aliphatic heterocycles. The van der Waals surface area contributed by atoms with E-state index in [1.54, 1.807) is 31.3 Å². The number of nitrogens with zero attached hydrogens (tertiary/aromatic N) is 5. The first-order chi connectivity index (χ1) is 14.2. The number of carbonyl (C=O) groups is 1. The smallest absolute Gasteiger partial charge is 0.320 e. The molecule has 30 heavy (non-hydrogen) atoms. The van der Waals surface area contributed by atoms with Gasteiger partial charge in [0.2, 0.25) is 5.82 Å². The lowest BCUT2D eigenvalue weighted by molar-refractivity contribution is -0.144. The second-order valence-electron chi connectivity index (χ2n) is 6.62. The first kappa shape index (κ1) is 19.5. The van der Waals surface area contributed by atoms with Gasteiger partial charge in [0.25, 0.3) is 5.91 Å². The number of hydrogen-bond donors (Lipinski definition) is 1. The summed E-state index contributed by atoms with van der Waals surface area (Å²) in [5, 5.41) is 6.81. The van der Waals surface area contributed by atoms with Crippen LogP contribution in [0.2, 0.25) is 0 Å². The Morgan fingerprint density at radius 2 is 1.87 bits per heavy atom. The molecule has 0 aliphatic carbocycles. The van der Waals surface area contributed by atoms with Crippen LogP contribution in [0.1, 0.15) is 21.9 Å². The molecule has 0 fully saturated rings. The molecule has 152 valence electrons. The Balaban J connectivity index is 1.61. The SMILES string of the molecule is Cc1cc(-c2ccc3nc(C(F)(F)F)ncc3n2)ccc1NC(=O)c1ccnn1C. The van der Waals surface area contributed by atoms with Crippen LogP contribution in [0.5, 0.6) is 0 Å². The molecule has 1 N–H and O–H groups in total. The topological polar surface area (TPSA) is 85.6 Å². The molecular weight excluding hydrogens is 397 g/mol. The number of benzene rings is 1. The van der Waals surface area contributed by atoms with Gasteiger partial charge in [0.05, 0.1) is 17.4 Å². The molecular formula is C20H15F3N6O. The molecule has 1 aromatic carbocycles. The van der Waals surface area contributed by atoms with Crippen molar-refractivity contribution in [3.63, 3.8) is 0 Å². The van der Waals surface area contributed by atoms with E-state index < -0.39 is 12.0 Å². The number of amides is 1. The maximum Gasteiger partial charge on any atom is 0.451 e. The number of hydrogen-bond acceptors (Lipinski definition) is 5. The van der Waals surface area contributed by atoms with Crippen molar-refractivity contribution in [2.75, 3.05) is 5.32 Å². The molecule has 0 aliphatic rings. The van der Waals surface area contributed by atoms with Crippen molar-refractivity contribution in [3.05, 3.63) is 65.9 Å². The second kappa shape index (κ2) is 7.21. The zero-order valence-corrected chi connectivity index (χ0v) is 15.9. The van der Waals surface area contributed by atoms with Gasteiger partial charge in [-0.15, -0.1) is 0 Å². The third-order valence-electron chi connectivity index (χ3n) is 4.52. The van der Waals surface area contributed by atoms with Gasteiger partial charge in [-0.05, 0) is 42.8 Å². The molecule has 3 aromatic heterocycles. The Labute approximate surface area is 168 Å². The summed E-state index contributed by atoms with van der Waals surface area (Å²) >= 11 is 0. The monoisotopic (exact) mass is 412 g/mol. The summed E-state index contributed by atoms with van der Waals surface area (Å²) in [6, 6.07) is 10.0. The third-order valence-corrected chi connectivity index (χ3v) is 4.52. The highest BCUT2D eigenvalue weighted by molar-refractivity contribution is 6.03. The maximum absolute atomic E-state index is 12.8. The van der Waals surface area contributed by atoms with Gasteiger partial charge in [-0.2, -0.15) is 18.3 Å². The van der Waals surface area contributed by atoms with E-state index in [1.165, 1.54) is 16.9 Å². The van der Waals surface area contributed by atoms with Gasteiger partial charge in [-0.1, -0.05) is 6.07 Å². The van der Waals surface area contributed by atoms with Crippen LogP contribution >= 0.6 is 0 Å². The molecule has 7 nitrogen and oxygen atoms in total. The molecule has 0 saturated carbocycles. The van der Waals surface area contributed by atoms with E-state index in [0.29, 0.717) is 17.1 Å². The van der Waals surface area contributed by atoms with Crippen molar-refractivity contribution in [1.29, 1.82) is 0 Å². The van der Waals surface area contributed by atoms with Gasteiger partial charge in [-0.3, -0.25) is 9.48 Å². The zero-order valence-electron chi connectivity index (χ0n) is 15.9. The fourth-order valence-electron chi connectivity index (χ4n) is 2.97. The minimum Gasteiger partial charge on any atom is -0.320 e. The highest BCUT2D eigenvalue weighted by Crippen LogP contribution is 2.28. The Morgan fingerprint density at radius 3 is 2.53 bits per heavy atom. The lowest BCUT2D eigenvalue weighted by atomic mass is 10.1. The van der Waals surface area contributed by atoms with E-state index in [2.05, 4.69) is 25.4 Å². The number of pyridine rings is 1. The molecule has 4 rings (SSSR count). The highest BCUT2D eigenvalue weighted by Gasteiger charge is 2.34. The molecule has 0 radical (unpaired) electrons. The highest BCUT2D eigenvalue weighted by atomic mass is 19.4. The number of aromatic nitrogens is 5. The number of carbonyl (C=O) groups excluding carboxylic acids is 1. The van der Waals surface area contributed by atoms with Crippen LogP contribution in [0.25, 0.3) is 22.3 Å². The third kappa shape index (κ3) is 3.71. The molecule has 3 heterocycles. The van der Waals surface area contributed by atoms with Crippen LogP contribution in [0.15, 0.2) is 48.8 Å². The van der Waals surface area contributed by atoms with Gasteiger partial charge < -0.3 is 5.32 Å². The summed E-state index contributed by atoms with van der Waals surface area (Å²) in [5.41, 5.74) is 3.52. The van der Waals surface area contributed by atoms with E-state index in [4.69, 9.17) is 0 Å². The van der Waals surface area contributed by atoms with Crippen LogP contribution in [0.3, 0.4) is 0 Å². The number of rotatable bonds is 3. The molecule has 4 aromatic rings. The Morgan fingerprint density at radius 1 is 1.07 bits per heavy atom. The summed E-state index contributed by atoms with van der Waals surface area (Å²) in [5.74, 6) is -1.48. The molecule has 0 unspecified atom stereocenters. The molecule has 0 spiro atoms. The number of fused-ring (bicyclic) bond motifs is 1. The molecule has 0 atom stereocenters. The van der Waals surface area contributed by atoms with Crippen LogP contribution in [0.4, 0.5) is 18.9 Å². The lowest BCUT2D eigenvalue weighted by Gasteiger charge is -2.11. The van der Waals surface area contributed by atoms with Gasteiger partial charge >= 0.3 is 6.18 Å². The van der Waals surface area contributed by atoms with Gasteiger partial charge in [0, 0.05) is 24.5 Å². The zero-order chi connectivity index (χ0) is 21.5. The van der Waals surface area contributed by atoms with Crippen LogP contribution in [0, 0.1) is 6.92 Å². The Bertz CT molecular complexity index is 1270. The quantitative estimate of drug-likeness (QED) is 0.550. The number of alkyl halides is 3. The van der Waals surface area contributed by atoms with Crippen molar-refractivity contribution in [2.24, 2.45) is 7.05 Å². The van der Waals surface area contributed by atoms with Crippen molar-refractivity contribution >= 4 is 22.6 Å².